The van der Waals surface area contributed by atoms with Crippen molar-refractivity contribution in [3.63, 3.8) is 0 Å². The Balaban J connectivity index is 1.91. The van der Waals surface area contributed by atoms with Crippen LogP contribution >= 0.6 is 0 Å². The van der Waals surface area contributed by atoms with Crippen molar-refractivity contribution in [3.05, 3.63) is 65.2 Å². The summed E-state index contributed by atoms with van der Waals surface area (Å²) in [5.74, 6) is 0. The minimum absolute atomic E-state index is 1.13. The smallest absolute Gasteiger partial charge is 0.133 e. The van der Waals surface area contributed by atoms with Gasteiger partial charge < -0.3 is 0 Å². The molecule has 0 aromatic heterocycles. The van der Waals surface area contributed by atoms with Gasteiger partial charge >= 0.3 is 0 Å². The van der Waals surface area contributed by atoms with Gasteiger partial charge in [-0.25, -0.2) is 0 Å². The number of rotatable bonds is 3. The third-order valence-corrected chi connectivity index (χ3v) is 4.61. The highest BCUT2D eigenvalue weighted by Gasteiger charge is 2.34. The van der Waals surface area contributed by atoms with Crippen LogP contribution in [0.2, 0.25) is 0 Å². The number of nitrogens with zero attached hydrogens (tertiary/aromatic N) is 1. The molecule has 1 heteroatoms. The van der Waals surface area contributed by atoms with Gasteiger partial charge in [0.1, 0.15) is 12.2 Å². The Bertz CT molecular complexity index is 560. The number of benzene rings is 2. The van der Waals surface area contributed by atoms with Crippen LogP contribution in [0, 0.1) is 13.8 Å². The first-order valence-corrected chi connectivity index (χ1v) is 7.67. The van der Waals surface area contributed by atoms with Gasteiger partial charge in [0.15, 0.2) is 0 Å². The van der Waals surface area contributed by atoms with E-state index in [2.05, 4.69) is 62.4 Å². The van der Waals surface area contributed by atoms with Gasteiger partial charge in [-0.05, 0) is 26.0 Å². The Hall–Kier alpha value is -1.60. The van der Waals surface area contributed by atoms with Crippen molar-refractivity contribution in [3.8, 4) is 0 Å². The Kier molecular flexibility index (Phi) is 3.62. The summed E-state index contributed by atoms with van der Waals surface area (Å²) in [6, 6.07) is 18.2. The zero-order chi connectivity index (χ0) is 14.0. The molecular weight excluding hydrogens is 242 g/mol. The minimum atomic E-state index is 1.13. The molecule has 1 heterocycles. The van der Waals surface area contributed by atoms with Crippen LogP contribution in [-0.4, -0.2) is 13.1 Å². The van der Waals surface area contributed by atoms with Gasteiger partial charge in [-0.15, -0.1) is 0 Å². The van der Waals surface area contributed by atoms with Gasteiger partial charge in [0, 0.05) is 18.4 Å². The normalized spacial score (nSPS) is 17.3. The van der Waals surface area contributed by atoms with Crippen molar-refractivity contribution in [2.24, 2.45) is 0 Å². The molecule has 0 aliphatic carbocycles. The predicted molar refractivity (Wildman–Crippen MR) is 86.8 cm³/mol. The van der Waals surface area contributed by atoms with Crippen LogP contribution in [0.4, 0.5) is 5.69 Å². The second kappa shape index (κ2) is 5.41. The highest BCUT2D eigenvalue weighted by molar-refractivity contribution is 5.45. The number of aryl methyl sites for hydroxylation is 2. The van der Waals surface area contributed by atoms with Crippen LogP contribution in [-0.2, 0) is 6.54 Å². The maximum atomic E-state index is 2.33. The molecule has 104 valence electrons. The second-order valence-electron chi connectivity index (χ2n) is 6.28. The van der Waals surface area contributed by atoms with Gasteiger partial charge in [0.2, 0.25) is 0 Å². The molecule has 0 atom stereocenters. The Morgan fingerprint density at radius 1 is 0.750 bits per heavy atom. The van der Waals surface area contributed by atoms with E-state index in [1.807, 2.05) is 0 Å². The van der Waals surface area contributed by atoms with E-state index < -0.39 is 0 Å². The highest BCUT2D eigenvalue weighted by Crippen LogP contribution is 2.32. The predicted octanol–water partition coefficient (Wildman–Crippen LogP) is 4.60. The summed E-state index contributed by atoms with van der Waals surface area (Å²) in [5, 5.41) is 0. The van der Waals surface area contributed by atoms with Crippen molar-refractivity contribution >= 4 is 5.69 Å². The van der Waals surface area contributed by atoms with Crippen molar-refractivity contribution in [2.75, 3.05) is 13.1 Å². The van der Waals surface area contributed by atoms with Gasteiger partial charge in [0.05, 0.1) is 13.1 Å². The van der Waals surface area contributed by atoms with E-state index in [4.69, 9.17) is 0 Å². The molecule has 0 radical (unpaired) electrons. The largest absolute Gasteiger partial charge is 0.287 e. The molecule has 2 aromatic carbocycles. The van der Waals surface area contributed by atoms with Crippen molar-refractivity contribution < 1.29 is 0 Å². The molecule has 1 nitrogen and oxygen atoms in total. The number of hydrogen-bond donors (Lipinski definition) is 0. The van der Waals surface area contributed by atoms with Gasteiger partial charge in [-0.2, -0.15) is 0 Å². The van der Waals surface area contributed by atoms with Crippen LogP contribution in [0.5, 0.6) is 0 Å². The van der Waals surface area contributed by atoms with E-state index in [1.54, 1.807) is 0 Å². The first-order chi connectivity index (χ1) is 9.68. The summed E-state index contributed by atoms with van der Waals surface area (Å²) >= 11 is 0. The number of likely N-dealkylation sites (tertiary alicyclic amines) is 1. The summed E-state index contributed by atoms with van der Waals surface area (Å²) in [7, 11) is 0. The van der Waals surface area contributed by atoms with E-state index in [1.165, 1.54) is 48.3 Å². The first kappa shape index (κ1) is 13.4. The molecule has 1 aliphatic rings. The fourth-order valence-electron chi connectivity index (χ4n) is 3.35. The van der Waals surface area contributed by atoms with Crippen LogP contribution < -0.4 is 4.48 Å². The maximum Gasteiger partial charge on any atom is 0.133 e. The maximum absolute atomic E-state index is 2.33. The minimum Gasteiger partial charge on any atom is -0.287 e. The monoisotopic (exact) mass is 266 g/mol. The van der Waals surface area contributed by atoms with Crippen molar-refractivity contribution in [1.82, 2.24) is 4.48 Å². The molecule has 2 aromatic rings. The average molecular weight is 266 g/mol. The zero-order valence-electron chi connectivity index (χ0n) is 12.6. The van der Waals surface area contributed by atoms with Crippen LogP contribution in [0.15, 0.2) is 48.5 Å². The van der Waals surface area contributed by atoms with Gasteiger partial charge in [-0.1, -0.05) is 47.5 Å². The Labute approximate surface area is 122 Å². The molecule has 0 saturated carbocycles. The molecule has 1 fully saturated rings. The lowest BCUT2D eigenvalue weighted by molar-refractivity contribution is 0.325. The topological polar surface area (TPSA) is 0 Å². The standard InChI is InChI=1S/C19H24N/c1-16-5-9-18(10-6-16)15-20(13-3-4-14-20)19-11-7-17(2)8-12-19/h5-12H,3-4,13-15H2,1-2H3/q+1. The van der Waals surface area contributed by atoms with Gasteiger partial charge in [-0.3, -0.25) is 4.48 Å². The lowest BCUT2D eigenvalue weighted by atomic mass is 10.1. The Morgan fingerprint density at radius 3 is 1.80 bits per heavy atom. The fourth-order valence-corrected chi connectivity index (χ4v) is 3.35. The quantitative estimate of drug-likeness (QED) is 0.712. The molecular formula is C19H24N+. The van der Waals surface area contributed by atoms with E-state index in [9.17, 15) is 0 Å². The molecule has 0 bridgehead atoms. The van der Waals surface area contributed by atoms with Crippen LogP contribution in [0.1, 0.15) is 29.5 Å². The second-order valence-corrected chi connectivity index (χ2v) is 6.28. The summed E-state index contributed by atoms with van der Waals surface area (Å²) in [5.41, 5.74) is 5.63. The van der Waals surface area contributed by atoms with Crippen molar-refractivity contribution in [2.45, 2.75) is 33.2 Å². The van der Waals surface area contributed by atoms with Crippen molar-refractivity contribution in [1.29, 1.82) is 0 Å². The SMILES string of the molecule is Cc1ccc(C[N+]2(c3ccc(C)cc3)CCCC2)cc1. The van der Waals surface area contributed by atoms with Crippen LogP contribution in [0.3, 0.4) is 0 Å². The van der Waals surface area contributed by atoms with E-state index >= 15 is 0 Å². The summed E-state index contributed by atoms with van der Waals surface area (Å²) in [6.07, 6.45) is 2.69. The zero-order valence-corrected chi connectivity index (χ0v) is 12.6. The van der Waals surface area contributed by atoms with Gasteiger partial charge in [0.25, 0.3) is 0 Å². The summed E-state index contributed by atoms with van der Waals surface area (Å²) in [6.45, 7) is 8.00. The van der Waals surface area contributed by atoms with Crippen LogP contribution in [0.25, 0.3) is 0 Å². The molecule has 1 saturated heterocycles. The molecule has 20 heavy (non-hydrogen) atoms. The van der Waals surface area contributed by atoms with E-state index in [0.29, 0.717) is 0 Å². The lowest BCUT2D eigenvalue weighted by Gasteiger charge is -2.34. The third kappa shape index (κ3) is 2.64. The molecule has 0 N–H and O–H groups in total. The number of quaternary nitrogens is 1. The molecule has 1 aliphatic heterocycles. The summed E-state index contributed by atoms with van der Waals surface area (Å²) in [4.78, 5) is 0. The van der Waals surface area contributed by atoms with E-state index in [-0.39, 0.29) is 0 Å². The fraction of sp³-hybridized carbons (Fsp3) is 0.368. The molecule has 3 rings (SSSR count). The lowest BCUT2D eigenvalue weighted by Crippen LogP contribution is -2.45. The Morgan fingerprint density at radius 2 is 1.25 bits per heavy atom. The molecule has 0 spiro atoms. The number of hydrogen-bond acceptors (Lipinski definition) is 0. The summed E-state index contributed by atoms with van der Waals surface area (Å²) < 4.78 is 1.13. The molecule has 0 unspecified atom stereocenters. The average Bonchev–Trinajstić information content (AvgIpc) is 2.92. The first-order valence-electron chi connectivity index (χ1n) is 7.67. The van der Waals surface area contributed by atoms with E-state index in [0.717, 1.165) is 11.0 Å². The molecule has 0 amide bonds. The highest BCUT2D eigenvalue weighted by atomic mass is 15.4. The third-order valence-electron chi connectivity index (χ3n) is 4.61.